The van der Waals surface area contributed by atoms with Gasteiger partial charge in [0.15, 0.2) is 0 Å². The van der Waals surface area contributed by atoms with Crippen LogP contribution in [0.5, 0.6) is 0 Å². The summed E-state index contributed by atoms with van der Waals surface area (Å²) >= 11 is 0. The van der Waals surface area contributed by atoms with Crippen LogP contribution in [0.15, 0.2) is 42.5 Å². The average molecular weight is 569 g/mol. The molecule has 41 heavy (non-hydrogen) atoms. The summed E-state index contributed by atoms with van der Waals surface area (Å²) in [6.45, 7) is 8.15. The maximum atomic E-state index is 14.4. The van der Waals surface area contributed by atoms with Crippen LogP contribution in [0.1, 0.15) is 43.6 Å². The number of unbranched alkanes of at least 4 members (excludes halogenated alkanes) is 1. The fourth-order valence-corrected chi connectivity index (χ4v) is 5.89. The van der Waals surface area contributed by atoms with Crippen LogP contribution in [0, 0.1) is 11.8 Å². The summed E-state index contributed by atoms with van der Waals surface area (Å²) in [6, 6.07) is 13.5. The molecule has 4 rings (SSSR count). The van der Waals surface area contributed by atoms with Crippen molar-refractivity contribution in [3.8, 4) is 11.3 Å². The van der Waals surface area contributed by atoms with E-state index in [0.29, 0.717) is 58.1 Å². The van der Waals surface area contributed by atoms with E-state index in [1.54, 1.807) is 12.0 Å². The van der Waals surface area contributed by atoms with Crippen molar-refractivity contribution in [1.29, 1.82) is 0 Å². The highest BCUT2D eigenvalue weighted by Gasteiger charge is 2.40. The lowest BCUT2D eigenvalue weighted by Gasteiger charge is -2.43. The van der Waals surface area contributed by atoms with E-state index in [2.05, 4.69) is 4.57 Å². The third kappa shape index (κ3) is 7.68. The predicted octanol–water partition coefficient (Wildman–Crippen LogP) is 3.91. The van der Waals surface area contributed by atoms with Crippen LogP contribution >= 0.6 is 0 Å². The molecule has 0 bridgehead atoms. The third-order valence-electron chi connectivity index (χ3n) is 7.88. The Morgan fingerprint density at radius 3 is 2.41 bits per heavy atom. The van der Waals surface area contributed by atoms with Crippen molar-refractivity contribution in [2.24, 2.45) is 11.8 Å². The monoisotopic (exact) mass is 568 g/mol. The minimum atomic E-state index is -1.07. The maximum Gasteiger partial charge on any atom is 0.407 e. The van der Waals surface area contributed by atoms with E-state index in [4.69, 9.17) is 9.47 Å². The first kappa shape index (κ1) is 30.6. The van der Waals surface area contributed by atoms with Gasteiger partial charge >= 0.3 is 6.09 Å². The van der Waals surface area contributed by atoms with Crippen LogP contribution in [-0.2, 0) is 20.8 Å². The number of carbonyl (C=O) groups excluding carboxylic acids is 2. The molecule has 2 atom stereocenters. The van der Waals surface area contributed by atoms with Gasteiger partial charge in [-0.1, -0.05) is 44.2 Å². The fourth-order valence-electron chi connectivity index (χ4n) is 5.89. The lowest BCUT2D eigenvalue weighted by Crippen LogP contribution is -2.58. The zero-order valence-corrected chi connectivity index (χ0v) is 24.5. The van der Waals surface area contributed by atoms with Crippen LogP contribution < -0.4 is 0 Å². The van der Waals surface area contributed by atoms with Gasteiger partial charge in [0.2, 0.25) is 5.91 Å². The summed E-state index contributed by atoms with van der Waals surface area (Å²) in [5, 5.41) is 9.96. The van der Waals surface area contributed by atoms with Crippen molar-refractivity contribution in [2.45, 2.75) is 45.7 Å². The molecule has 2 saturated heterocycles. The first-order valence-electron chi connectivity index (χ1n) is 14.7. The van der Waals surface area contributed by atoms with Gasteiger partial charge in [0.05, 0.1) is 25.2 Å². The normalized spacial score (nSPS) is 19.4. The number of likely N-dealkylation sites (tertiary alicyclic amines) is 1. The third-order valence-corrected chi connectivity index (χ3v) is 7.88. The number of rotatable bonds is 11. The molecule has 3 heterocycles. The Bertz CT molecular complexity index is 1160. The molecule has 1 N–H and O–H groups in total. The molecule has 1 aromatic carbocycles. The molecule has 0 unspecified atom stereocenters. The number of hydrogen-bond donors (Lipinski definition) is 1. The molecule has 2 aromatic rings. The number of carbonyl (C=O) groups is 3. The van der Waals surface area contributed by atoms with Gasteiger partial charge in [0.25, 0.3) is 5.91 Å². The summed E-state index contributed by atoms with van der Waals surface area (Å²) in [5.41, 5.74) is 2.57. The number of morpholine rings is 1. The van der Waals surface area contributed by atoms with Crippen molar-refractivity contribution >= 4 is 17.9 Å². The number of carboxylic acid groups (broad SMARTS) is 1. The topological polar surface area (TPSA) is 105 Å². The Labute approximate surface area is 242 Å². The molecule has 2 aliphatic heterocycles. The number of nitrogens with zero attached hydrogens (tertiary/aromatic N) is 4. The van der Waals surface area contributed by atoms with Crippen molar-refractivity contribution in [3.63, 3.8) is 0 Å². The van der Waals surface area contributed by atoms with Gasteiger partial charge in [-0.15, -0.1) is 0 Å². The smallest absolute Gasteiger partial charge is 0.407 e. The SMILES string of the molecule is COCCCCn1c(C(=O)N(CC(C)C)[C@H]2C[C@@H](C(=O)N3CCOCC3)CN(C(=O)O)C2)ccc1-c1ccccc1. The number of aromatic nitrogens is 1. The van der Waals surface area contributed by atoms with E-state index in [1.807, 2.05) is 61.2 Å². The first-order valence-corrected chi connectivity index (χ1v) is 14.7. The minimum absolute atomic E-state index is 0.0610. The predicted molar refractivity (Wildman–Crippen MR) is 156 cm³/mol. The summed E-state index contributed by atoms with van der Waals surface area (Å²) in [7, 11) is 1.69. The van der Waals surface area contributed by atoms with Gasteiger partial charge in [0, 0.05) is 58.7 Å². The molecule has 0 spiro atoms. The summed E-state index contributed by atoms with van der Waals surface area (Å²) in [5.74, 6) is -0.547. The molecule has 0 radical (unpaired) electrons. The molecule has 10 heteroatoms. The average Bonchev–Trinajstić information content (AvgIpc) is 3.41. The molecular formula is C31H44N4O6. The van der Waals surface area contributed by atoms with Crippen molar-refractivity contribution in [1.82, 2.24) is 19.3 Å². The molecular weight excluding hydrogens is 524 g/mol. The standard InChI is InChI=1S/C31H44N4O6/c1-23(2)20-35(26-19-25(21-33(22-26)31(38)39)29(36)32-14-17-41-18-15-32)30(37)28-12-11-27(24-9-5-4-6-10-24)34(28)13-7-8-16-40-3/h4-6,9-12,23,25-26H,7-8,13-22H2,1-3H3,(H,38,39)/t25-,26+/m1/s1. The highest BCUT2D eigenvalue weighted by molar-refractivity contribution is 5.94. The highest BCUT2D eigenvalue weighted by atomic mass is 16.5. The molecule has 1 aromatic heterocycles. The first-order chi connectivity index (χ1) is 19.8. The van der Waals surface area contributed by atoms with E-state index in [1.165, 1.54) is 4.90 Å². The summed E-state index contributed by atoms with van der Waals surface area (Å²) < 4.78 is 12.7. The molecule has 2 aliphatic rings. The number of amides is 3. The Morgan fingerprint density at radius 1 is 1.02 bits per heavy atom. The number of piperidine rings is 1. The van der Waals surface area contributed by atoms with Gasteiger partial charge in [-0.05, 0) is 42.9 Å². The zero-order chi connectivity index (χ0) is 29.4. The van der Waals surface area contributed by atoms with Crippen molar-refractivity contribution < 1.29 is 29.0 Å². The maximum absolute atomic E-state index is 14.4. The summed E-state index contributed by atoms with van der Waals surface area (Å²) in [6.07, 6.45) is 1.07. The molecule has 3 amide bonds. The van der Waals surface area contributed by atoms with Crippen molar-refractivity contribution in [3.05, 3.63) is 48.2 Å². The number of ether oxygens (including phenoxy) is 2. The van der Waals surface area contributed by atoms with Gasteiger partial charge in [-0.2, -0.15) is 0 Å². The Morgan fingerprint density at radius 2 is 1.76 bits per heavy atom. The van der Waals surface area contributed by atoms with Crippen LogP contribution in [0.25, 0.3) is 11.3 Å². The Balaban J connectivity index is 1.65. The van der Waals surface area contributed by atoms with Crippen LogP contribution in [-0.4, -0.2) is 108 Å². The second kappa shape index (κ2) is 14.5. The Kier molecular flexibility index (Phi) is 10.8. The van der Waals surface area contributed by atoms with E-state index in [9.17, 15) is 19.5 Å². The lowest BCUT2D eigenvalue weighted by atomic mass is 9.91. The second-order valence-electron chi connectivity index (χ2n) is 11.4. The molecule has 2 fully saturated rings. The van der Waals surface area contributed by atoms with Gasteiger partial charge in [-0.25, -0.2) is 4.79 Å². The second-order valence-corrected chi connectivity index (χ2v) is 11.4. The Hall–Kier alpha value is -3.37. The molecule has 10 nitrogen and oxygen atoms in total. The van der Waals surface area contributed by atoms with Crippen LogP contribution in [0.2, 0.25) is 0 Å². The molecule has 0 aliphatic carbocycles. The number of methoxy groups -OCH3 is 1. The highest BCUT2D eigenvalue weighted by Crippen LogP contribution is 2.29. The summed E-state index contributed by atoms with van der Waals surface area (Å²) in [4.78, 5) is 44.9. The van der Waals surface area contributed by atoms with E-state index in [0.717, 1.165) is 24.1 Å². The van der Waals surface area contributed by atoms with E-state index in [-0.39, 0.29) is 30.8 Å². The number of benzene rings is 1. The quantitative estimate of drug-likeness (QED) is 0.412. The largest absolute Gasteiger partial charge is 0.465 e. The lowest BCUT2D eigenvalue weighted by molar-refractivity contribution is -0.142. The van der Waals surface area contributed by atoms with E-state index < -0.39 is 18.1 Å². The zero-order valence-electron chi connectivity index (χ0n) is 24.5. The van der Waals surface area contributed by atoms with Gasteiger partial charge in [-0.3, -0.25) is 9.59 Å². The van der Waals surface area contributed by atoms with E-state index >= 15 is 0 Å². The van der Waals surface area contributed by atoms with Crippen molar-refractivity contribution in [2.75, 3.05) is 59.7 Å². The number of hydrogen-bond acceptors (Lipinski definition) is 5. The van der Waals surface area contributed by atoms with Gasteiger partial charge < -0.3 is 33.8 Å². The minimum Gasteiger partial charge on any atom is -0.465 e. The van der Waals surface area contributed by atoms with Crippen LogP contribution in [0.4, 0.5) is 4.79 Å². The molecule has 0 saturated carbocycles. The fraction of sp³-hybridized carbons (Fsp3) is 0.581. The van der Waals surface area contributed by atoms with Gasteiger partial charge in [0.1, 0.15) is 5.69 Å². The molecule has 224 valence electrons. The van der Waals surface area contributed by atoms with Crippen LogP contribution in [0.3, 0.4) is 0 Å².